The third-order valence-electron chi connectivity index (χ3n) is 5.57. The van der Waals surface area contributed by atoms with Gasteiger partial charge in [-0.1, -0.05) is 73.1 Å². The molecule has 7 heteroatoms. The number of carbonyl (C=O) groups excluding carboxylic acids is 1. The van der Waals surface area contributed by atoms with E-state index in [1.165, 1.54) is 22.9 Å². The first kappa shape index (κ1) is 24.5. The topological polar surface area (TPSA) is 69.0 Å². The summed E-state index contributed by atoms with van der Waals surface area (Å²) in [7, 11) is 0. The summed E-state index contributed by atoms with van der Waals surface area (Å²) in [5, 5.41) is 12.3. The number of carbonyl (C=O) groups is 1. The predicted octanol–water partition coefficient (Wildman–Crippen LogP) is 6.32. The van der Waals surface area contributed by atoms with Gasteiger partial charge in [-0.3, -0.25) is 9.36 Å². The molecule has 6 nitrogen and oxygen atoms in total. The minimum atomic E-state index is -0.0943. The second kappa shape index (κ2) is 11.2. The Kier molecular flexibility index (Phi) is 7.87. The molecule has 1 amide bonds. The third-order valence-corrected chi connectivity index (χ3v) is 6.50. The highest BCUT2D eigenvalue weighted by Crippen LogP contribution is 2.24. The molecule has 35 heavy (non-hydrogen) atoms. The minimum Gasteiger partial charge on any atom is -0.486 e. The molecule has 0 atom stereocenters. The maximum atomic E-state index is 12.6. The van der Waals surface area contributed by atoms with Gasteiger partial charge in [0.2, 0.25) is 5.91 Å². The van der Waals surface area contributed by atoms with Crippen molar-refractivity contribution in [1.82, 2.24) is 14.8 Å². The molecule has 180 valence electrons. The second-order valence-corrected chi connectivity index (χ2v) is 9.73. The zero-order valence-corrected chi connectivity index (χ0v) is 21.3. The molecular weight excluding hydrogens is 456 g/mol. The van der Waals surface area contributed by atoms with E-state index >= 15 is 0 Å². The first-order chi connectivity index (χ1) is 16.9. The zero-order valence-electron chi connectivity index (χ0n) is 20.5. The van der Waals surface area contributed by atoms with E-state index in [9.17, 15) is 4.79 Å². The standard InChI is InChI=1S/C28H30N4O2S/c1-19(2)22-9-11-23(12-10-22)29-27(33)18-35-28-31-30-26(17-34-25-15-7-21(4)8-16-25)32(28)24-13-5-20(3)6-14-24/h5-16,19H,17-18H2,1-4H3,(H,29,33). The van der Waals surface area contributed by atoms with Crippen LogP contribution in [0.25, 0.3) is 5.69 Å². The number of benzene rings is 3. The molecule has 1 aromatic heterocycles. The van der Waals surface area contributed by atoms with Crippen LogP contribution >= 0.6 is 11.8 Å². The number of anilines is 1. The Morgan fingerprint density at radius 1 is 0.914 bits per heavy atom. The molecule has 1 heterocycles. The maximum Gasteiger partial charge on any atom is 0.234 e. The van der Waals surface area contributed by atoms with E-state index in [0.29, 0.717) is 16.9 Å². The summed E-state index contributed by atoms with van der Waals surface area (Å²) in [4.78, 5) is 12.6. The van der Waals surface area contributed by atoms with E-state index in [0.717, 1.165) is 22.7 Å². The van der Waals surface area contributed by atoms with Crippen LogP contribution in [0.1, 0.15) is 42.3 Å². The molecule has 0 unspecified atom stereocenters. The fraction of sp³-hybridized carbons (Fsp3) is 0.250. The summed E-state index contributed by atoms with van der Waals surface area (Å²) >= 11 is 1.35. The summed E-state index contributed by atoms with van der Waals surface area (Å²) in [6, 6.07) is 24.0. The van der Waals surface area contributed by atoms with Gasteiger partial charge in [0, 0.05) is 11.4 Å². The van der Waals surface area contributed by atoms with Crippen LogP contribution in [0.2, 0.25) is 0 Å². The van der Waals surface area contributed by atoms with Gasteiger partial charge in [0.05, 0.1) is 5.75 Å². The quantitative estimate of drug-likeness (QED) is 0.281. The highest BCUT2D eigenvalue weighted by molar-refractivity contribution is 7.99. The number of ether oxygens (including phenoxy) is 1. The van der Waals surface area contributed by atoms with Crippen LogP contribution in [-0.2, 0) is 11.4 Å². The number of aromatic nitrogens is 3. The van der Waals surface area contributed by atoms with Gasteiger partial charge in [-0.15, -0.1) is 10.2 Å². The fourth-order valence-electron chi connectivity index (χ4n) is 3.50. The van der Waals surface area contributed by atoms with E-state index in [1.807, 2.05) is 91.2 Å². The fourth-order valence-corrected chi connectivity index (χ4v) is 4.27. The van der Waals surface area contributed by atoms with Crippen molar-refractivity contribution in [3.8, 4) is 11.4 Å². The summed E-state index contributed by atoms with van der Waals surface area (Å²) in [5.74, 6) is 2.01. The molecule has 0 bridgehead atoms. The van der Waals surface area contributed by atoms with Crippen molar-refractivity contribution in [1.29, 1.82) is 0 Å². The number of nitrogens with zero attached hydrogens (tertiary/aromatic N) is 3. The van der Waals surface area contributed by atoms with E-state index in [-0.39, 0.29) is 18.3 Å². The van der Waals surface area contributed by atoms with Crippen LogP contribution < -0.4 is 10.1 Å². The first-order valence-electron chi connectivity index (χ1n) is 11.6. The normalized spacial score (nSPS) is 11.0. The average molecular weight is 487 g/mol. The Morgan fingerprint density at radius 3 is 2.17 bits per heavy atom. The van der Waals surface area contributed by atoms with Gasteiger partial charge < -0.3 is 10.1 Å². The SMILES string of the molecule is Cc1ccc(OCc2nnc(SCC(=O)Nc3ccc(C(C)C)cc3)n2-c2ccc(C)cc2)cc1. The Bertz CT molecular complexity index is 1260. The Balaban J connectivity index is 1.47. The lowest BCUT2D eigenvalue weighted by atomic mass is 10.0. The van der Waals surface area contributed by atoms with Crippen LogP contribution in [0.5, 0.6) is 5.75 Å². The van der Waals surface area contributed by atoms with Gasteiger partial charge in [-0.25, -0.2) is 0 Å². The molecule has 3 aromatic carbocycles. The molecule has 4 rings (SSSR count). The molecule has 0 radical (unpaired) electrons. The summed E-state index contributed by atoms with van der Waals surface area (Å²) in [6.07, 6.45) is 0. The van der Waals surface area contributed by atoms with Crippen LogP contribution in [-0.4, -0.2) is 26.4 Å². The number of aryl methyl sites for hydroxylation is 2. The first-order valence-corrected chi connectivity index (χ1v) is 12.6. The second-order valence-electron chi connectivity index (χ2n) is 8.79. The Hall–Kier alpha value is -3.58. The number of hydrogen-bond acceptors (Lipinski definition) is 5. The van der Waals surface area contributed by atoms with Gasteiger partial charge in [0.25, 0.3) is 0 Å². The largest absolute Gasteiger partial charge is 0.486 e. The highest BCUT2D eigenvalue weighted by Gasteiger charge is 2.17. The van der Waals surface area contributed by atoms with Gasteiger partial charge in [0.1, 0.15) is 12.4 Å². The molecule has 0 saturated carbocycles. The van der Waals surface area contributed by atoms with Crippen LogP contribution in [0.4, 0.5) is 5.69 Å². The van der Waals surface area contributed by atoms with Crippen LogP contribution in [0, 0.1) is 13.8 Å². The van der Waals surface area contributed by atoms with Gasteiger partial charge >= 0.3 is 0 Å². The zero-order chi connectivity index (χ0) is 24.8. The third kappa shape index (κ3) is 6.51. The lowest BCUT2D eigenvalue weighted by Crippen LogP contribution is -2.15. The maximum absolute atomic E-state index is 12.6. The molecule has 0 aliphatic rings. The van der Waals surface area contributed by atoms with E-state index in [4.69, 9.17) is 4.74 Å². The lowest BCUT2D eigenvalue weighted by molar-refractivity contribution is -0.113. The van der Waals surface area contributed by atoms with Crippen LogP contribution in [0.15, 0.2) is 78.0 Å². The molecule has 0 fully saturated rings. The van der Waals surface area contributed by atoms with Gasteiger partial charge in [-0.05, 0) is 61.7 Å². The summed E-state index contributed by atoms with van der Waals surface area (Å²) in [6.45, 7) is 8.64. The smallest absolute Gasteiger partial charge is 0.234 e. The molecule has 1 N–H and O–H groups in total. The van der Waals surface area contributed by atoms with E-state index in [1.54, 1.807) is 0 Å². The molecule has 0 aliphatic heterocycles. The number of hydrogen-bond donors (Lipinski definition) is 1. The van der Waals surface area contributed by atoms with Crippen molar-refractivity contribution < 1.29 is 9.53 Å². The average Bonchev–Trinajstić information content (AvgIpc) is 3.26. The number of amides is 1. The molecule has 4 aromatic rings. The molecule has 0 spiro atoms. The lowest BCUT2D eigenvalue weighted by Gasteiger charge is -2.12. The summed E-state index contributed by atoms with van der Waals surface area (Å²) in [5.41, 5.74) is 5.29. The highest BCUT2D eigenvalue weighted by atomic mass is 32.2. The predicted molar refractivity (Wildman–Crippen MR) is 141 cm³/mol. The van der Waals surface area contributed by atoms with Crippen molar-refractivity contribution in [3.63, 3.8) is 0 Å². The number of rotatable bonds is 9. The minimum absolute atomic E-state index is 0.0943. The van der Waals surface area contributed by atoms with Crippen molar-refractivity contribution in [3.05, 3.63) is 95.3 Å². The summed E-state index contributed by atoms with van der Waals surface area (Å²) < 4.78 is 7.91. The van der Waals surface area contributed by atoms with Crippen molar-refractivity contribution in [2.24, 2.45) is 0 Å². The van der Waals surface area contributed by atoms with Crippen molar-refractivity contribution in [2.45, 2.75) is 45.4 Å². The molecule has 0 saturated heterocycles. The van der Waals surface area contributed by atoms with E-state index < -0.39 is 0 Å². The van der Waals surface area contributed by atoms with Crippen molar-refractivity contribution >= 4 is 23.4 Å². The van der Waals surface area contributed by atoms with Crippen LogP contribution in [0.3, 0.4) is 0 Å². The van der Waals surface area contributed by atoms with Crippen molar-refractivity contribution in [2.75, 3.05) is 11.1 Å². The van der Waals surface area contributed by atoms with Gasteiger partial charge in [-0.2, -0.15) is 0 Å². The Labute approximate surface area is 210 Å². The molecule has 0 aliphatic carbocycles. The number of thioether (sulfide) groups is 1. The van der Waals surface area contributed by atoms with E-state index in [2.05, 4.69) is 29.4 Å². The monoisotopic (exact) mass is 486 g/mol. The van der Waals surface area contributed by atoms with Gasteiger partial charge in [0.15, 0.2) is 11.0 Å². The Morgan fingerprint density at radius 2 is 1.54 bits per heavy atom. The number of nitrogens with one attached hydrogen (secondary N) is 1. The molecular formula is C28H30N4O2S.